The molecule has 0 radical (unpaired) electrons. The molecule has 3 amide bonds. The number of carbonyl (C=O) groups excluding carboxylic acids is 2. The summed E-state index contributed by atoms with van der Waals surface area (Å²) in [5.41, 5.74) is 6.18. The molecule has 1 heterocycles. The Kier molecular flexibility index (Phi) is 5.77. The zero-order valence-corrected chi connectivity index (χ0v) is 13.0. The maximum absolute atomic E-state index is 11.5. The van der Waals surface area contributed by atoms with E-state index in [-0.39, 0.29) is 12.3 Å². The van der Waals surface area contributed by atoms with Crippen molar-refractivity contribution in [2.45, 2.75) is 25.3 Å². The van der Waals surface area contributed by atoms with E-state index in [4.69, 9.17) is 5.73 Å². The number of hydrogen-bond donors (Lipinski definition) is 2. The van der Waals surface area contributed by atoms with Crippen molar-refractivity contribution in [1.82, 2.24) is 10.2 Å². The van der Waals surface area contributed by atoms with Gasteiger partial charge in [0.2, 0.25) is 5.91 Å². The summed E-state index contributed by atoms with van der Waals surface area (Å²) in [7, 11) is 2.02. The molecule has 0 spiro atoms. The van der Waals surface area contributed by atoms with Crippen molar-refractivity contribution in [2.24, 2.45) is 5.73 Å². The van der Waals surface area contributed by atoms with Crippen molar-refractivity contribution >= 4 is 17.6 Å². The molecule has 1 fully saturated rings. The summed E-state index contributed by atoms with van der Waals surface area (Å²) in [4.78, 5) is 26.7. The quantitative estimate of drug-likeness (QED) is 0.856. The maximum atomic E-state index is 11.5. The standard InChI is InChI=1S/C16H24N4O2/c1-19(11-9-15(21)18-16(17)22)14-8-5-10-20(12-14)13-6-3-2-4-7-13/h2-4,6-7,14H,5,8-12H2,1H3,(H3,17,18,21,22). The van der Waals surface area contributed by atoms with Crippen LogP contribution in [0.25, 0.3) is 0 Å². The molecule has 3 N–H and O–H groups in total. The lowest BCUT2D eigenvalue weighted by Gasteiger charge is -2.38. The highest BCUT2D eigenvalue weighted by atomic mass is 16.2. The molecule has 1 aliphatic heterocycles. The normalized spacial score (nSPS) is 18.3. The molecule has 1 aliphatic rings. The molecule has 0 aliphatic carbocycles. The number of piperidine rings is 1. The molecule has 1 aromatic rings. The van der Waals surface area contributed by atoms with Crippen molar-refractivity contribution in [3.8, 4) is 0 Å². The van der Waals surface area contributed by atoms with Crippen molar-refractivity contribution < 1.29 is 9.59 Å². The minimum atomic E-state index is -0.791. The number of imide groups is 1. The Bertz CT molecular complexity index is 506. The molecule has 1 unspecified atom stereocenters. The summed E-state index contributed by atoms with van der Waals surface area (Å²) in [6, 6.07) is 10.0. The van der Waals surface area contributed by atoms with Crippen LogP contribution in [-0.4, -0.2) is 49.6 Å². The number of likely N-dealkylation sites (N-methyl/N-ethyl adjacent to an activating group) is 1. The van der Waals surface area contributed by atoms with E-state index in [1.165, 1.54) is 5.69 Å². The largest absolute Gasteiger partial charge is 0.370 e. The molecular formula is C16H24N4O2. The number of nitrogens with zero attached hydrogens (tertiary/aromatic N) is 2. The van der Waals surface area contributed by atoms with E-state index in [0.29, 0.717) is 12.6 Å². The first-order chi connectivity index (χ1) is 10.6. The van der Waals surface area contributed by atoms with E-state index in [9.17, 15) is 9.59 Å². The van der Waals surface area contributed by atoms with Crippen LogP contribution in [0.5, 0.6) is 0 Å². The van der Waals surface area contributed by atoms with Gasteiger partial charge in [0.05, 0.1) is 0 Å². The van der Waals surface area contributed by atoms with Gasteiger partial charge in [-0.2, -0.15) is 0 Å². The summed E-state index contributed by atoms with van der Waals surface area (Å²) in [5, 5.41) is 2.10. The number of benzene rings is 1. The predicted octanol–water partition coefficient (Wildman–Crippen LogP) is 1.17. The van der Waals surface area contributed by atoms with Crippen LogP contribution in [0, 0.1) is 0 Å². The first-order valence-electron chi connectivity index (χ1n) is 7.66. The fraction of sp³-hybridized carbons (Fsp3) is 0.500. The van der Waals surface area contributed by atoms with Crippen molar-refractivity contribution in [3.63, 3.8) is 0 Å². The van der Waals surface area contributed by atoms with E-state index < -0.39 is 6.03 Å². The number of amides is 3. The highest BCUT2D eigenvalue weighted by molar-refractivity contribution is 5.93. The first kappa shape index (κ1) is 16.3. The van der Waals surface area contributed by atoms with E-state index in [1.54, 1.807) is 0 Å². The zero-order valence-electron chi connectivity index (χ0n) is 13.0. The van der Waals surface area contributed by atoms with Crippen molar-refractivity contribution in [2.75, 3.05) is 31.6 Å². The molecule has 0 saturated carbocycles. The molecule has 0 aromatic heterocycles. The zero-order chi connectivity index (χ0) is 15.9. The average molecular weight is 304 g/mol. The van der Waals surface area contributed by atoms with Crippen LogP contribution in [0.2, 0.25) is 0 Å². The third kappa shape index (κ3) is 4.73. The molecule has 22 heavy (non-hydrogen) atoms. The lowest BCUT2D eigenvalue weighted by molar-refractivity contribution is -0.120. The van der Waals surface area contributed by atoms with Gasteiger partial charge in [0, 0.05) is 37.8 Å². The Hall–Kier alpha value is -2.08. The van der Waals surface area contributed by atoms with Crippen LogP contribution < -0.4 is 16.0 Å². The Balaban J connectivity index is 1.84. The number of rotatable bonds is 5. The second-order valence-corrected chi connectivity index (χ2v) is 5.72. The Morgan fingerprint density at radius 1 is 1.36 bits per heavy atom. The predicted molar refractivity (Wildman–Crippen MR) is 86.7 cm³/mol. The Morgan fingerprint density at radius 3 is 2.77 bits per heavy atom. The first-order valence-corrected chi connectivity index (χ1v) is 7.66. The van der Waals surface area contributed by atoms with Crippen LogP contribution in [0.3, 0.4) is 0 Å². The molecule has 1 saturated heterocycles. The number of nitrogens with two attached hydrogens (primary N) is 1. The lowest BCUT2D eigenvalue weighted by Crippen LogP contribution is -2.47. The van der Waals surface area contributed by atoms with Crippen LogP contribution in [-0.2, 0) is 4.79 Å². The van der Waals surface area contributed by atoms with E-state index >= 15 is 0 Å². The third-order valence-corrected chi connectivity index (χ3v) is 4.10. The fourth-order valence-corrected chi connectivity index (χ4v) is 2.85. The monoisotopic (exact) mass is 304 g/mol. The van der Waals surface area contributed by atoms with Gasteiger partial charge in [-0.3, -0.25) is 10.1 Å². The molecule has 0 bridgehead atoms. The summed E-state index contributed by atoms with van der Waals surface area (Å²) in [5.74, 6) is -0.324. The molecular weight excluding hydrogens is 280 g/mol. The summed E-state index contributed by atoms with van der Waals surface area (Å²) in [6.45, 7) is 2.64. The van der Waals surface area contributed by atoms with Crippen molar-refractivity contribution in [3.05, 3.63) is 30.3 Å². The average Bonchev–Trinajstić information content (AvgIpc) is 2.53. The van der Waals surface area contributed by atoms with Gasteiger partial charge in [0.15, 0.2) is 0 Å². The summed E-state index contributed by atoms with van der Waals surface area (Å²) in [6.07, 6.45) is 2.54. The van der Waals surface area contributed by atoms with Crippen LogP contribution in [0.1, 0.15) is 19.3 Å². The van der Waals surface area contributed by atoms with Crippen LogP contribution in [0.15, 0.2) is 30.3 Å². The highest BCUT2D eigenvalue weighted by Gasteiger charge is 2.23. The molecule has 120 valence electrons. The van der Waals surface area contributed by atoms with Gasteiger partial charge in [0.1, 0.15) is 0 Å². The second kappa shape index (κ2) is 7.79. The molecule has 6 nitrogen and oxygen atoms in total. The SMILES string of the molecule is CN(CCC(=O)NC(N)=O)C1CCCN(c2ccccc2)C1. The van der Waals surface area contributed by atoms with E-state index in [2.05, 4.69) is 39.4 Å². The molecule has 6 heteroatoms. The van der Waals surface area contributed by atoms with Gasteiger partial charge in [0.25, 0.3) is 0 Å². The number of anilines is 1. The van der Waals surface area contributed by atoms with Crippen molar-refractivity contribution in [1.29, 1.82) is 0 Å². The Labute approximate surface area is 131 Å². The Morgan fingerprint density at radius 2 is 2.09 bits per heavy atom. The van der Waals surface area contributed by atoms with Gasteiger partial charge < -0.3 is 15.5 Å². The number of primary amides is 1. The van der Waals surface area contributed by atoms with Gasteiger partial charge in [-0.05, 0) is 32.0 Å². The van der Waals surface area contributed by atoms with Gasteiger partial charge >= 0.3 is 6.03 Å². The van der Waals surface area contributed by atoms with Gasteiger partial charge in [-0.15, -0.1) is 0 Å². The number of carbonyl (C=O) groups is 2. The number of hydrogen-bond acceptors (Lipinski definition) is 4. The number of urea groups is 1. The number of nitrogens with one attached hydrogen (secondary N) is 1. The van der Waals surface area contributed by atoms with Crippen LogP contribution in [0.4, 0.5) is 10.5 Å². The lowest BCUT2D eigenvalue weighted by atomic mass is 10.0. The second-order valence-electron chi connectivity index (χ2n) is 5.72. The minimum Gasteiger partial charge on any atom is -0.370 e. The van der Waals surface area contributed by atoms with E-state index in [1.807, 2.05) is 13.1 Å². The molecule has 1 atom stereocenters. The van der Waals surface area contributed by atoms with Gasteiger partial charge in [-0.25, -0.2) is 4.79 Å². The van der Waals surface area contributed by atoms with Crippen LogP contribution >= 0.6 is 0 Å². The fourth-order valence-electron chi connectivity index (χ4n) is 2.85. The maximum Gasteiger partial charge on any atom is 0.318 e. The molecule has 1 aromatic carbocycles. The minimum absolute atomic E-state index is 0.279. The summed E-state index contributed by atoms with van der Waals surface area (Å²) >= 11 is 0. The third-order valence-electron chi connectivity index (χ3n) is 4.10. The smallest absolute Gasteiger partial charge is 0.318 e. The summed E-state index contributed by atoms with van der Waals surface area (Å²) < 4.78 is 0. The number of para-hydroxylation sites is 1. The highest BCUT2D eigenvalue weighted by Crippen LogP contribution is 2.21. The van der Waals surface area contributed by atoms with E-state index in [0.717, 1.165) is 25.9 Å². The topological polar surface area (TPSA) is 78.7 Å². The van der Waals surface area contributed by atoms with Gasteiger partial charge in [-0.1, -0.05) is 18.2 Å². The molecule has 2 rings (SSSR count).